The van der Waals surface area contributed by atoms with E-state index in [-0.39, 0.29) is 63.2 Å². The van der Waals surface area contributed by atoms with E-state index < -0.39 is 253 Å². The molecule has 0 radical (unpaired) electrons. The second kappa shape index (κ2) is 52.4. The van der Waals surface area contributed by atoms with Gasteiger partial charge in [-0.3, -0.25) is 86.3 Å². The van der Waals surface area contributed by atoms with Crippen LogP contribution in [-0.2, 0) is 112 Å². The van der Waals surface area contributed by atoms with Gasteiger partial charge in [0, 0.05) is 55.6 Å². The van der Waals surface area contributed by atoms with E-state index in [2.05, 4.69) is 79.4 Å². The number of aromatic hydroxyl groups is 1. The minimum atomic E-state index is -2.07. The van der Waals surface area contributed by atoms with Crippen molar-refractivity contribution < 1.29 is 102 Å². The summed E-state index contributed by atoms with van der Waals surface area (Å²) in [4.78, 5) is 263. The van der Waals surface area contributed by atoms with E-state index >= 15 is 28.8 Å². The summed E-state index contributed by atoms with van der Waals surface area (Å²) in [6, 6.07) is 13.8. The molecule has 14 atom stereocenters. The molecule has 1 aromatic heterocycles. The Kier molecular flexibility index (Phi) is 41.9. The highest BCUT2D eigenvalue weighted by atomic mass is 32.2. The molecule has 24 N–H and O–H groups in total. The first-order valence-electron chi connectivity index (χ1n) is 44.2. The van der Waals surface area contributed by atoms with Gasteiger partial charge in [-0.2, -0.15) is 0 Å². The number of aliphatic hydroxyl groups excluding tert-OH is 1. The molecule has 1 aliphatic heterocycles. The molecule has 2 heterocycles. The van der Waals surface area contributed by atoms with E-state index in [1.807, 2.05) is 30.3 Å². The number of nitrogens with zero attached hydrogens (tertiary/aromatic N) is 1. The summed E-state index contributed by atoms with van der Waals surface area (Å²) in [6.45, 7) is 12.3. The Morgan fingerprint density at radius 1 is 0.455 bits per heavy atom. The molecular weight excluding hydrogens is 1750 g/mol. The van der Waals surface area contributed by atoms with E-state index in [0.29, 0.717) is 44.9 Å². The molecule has 17 amide bonds. The van der Waals surface area contributed by atoms with Crippen molar-refractivity contribution >= 4 is 129 Å². The molecule has 134 heavy (non-hydrogen) atoms. The first-order valence-corrected chi connectivity index (χ1v) is 45.3. The maximum atomic E-state index is 15.5. The number of likely N-dealkylation sites (N-methyl/N-ethyl adjacent to an activating group) is 1. The lowest BCUT2D eigenvalue weighted by Crippen LogP contribution is -2.61. The highest BCUT2D eigenvalue weighted by molar-refractivity contribution is 8.00. The zero-order chi connectivity index (χ0) is 98.7. The van der Waals surface area contributed by atoms with E-state index in [0.717, 1.165) is 16.0 Å². The summed E-state index contributed by atoms with van der Waals surface area (Å²) in [6.07, 6.45) is -2.03. The number of H-pyrrole nitrogens is 1. The number of carboxylic acid groups (broad SMARTS) is 1. The molecule has 724 valence electrons. The van der Waals surface area contributed by atoms with E-state index in [4.69, 9.17) is 17.2 Å². The number of thioether (sulfide) groups is 1. The standard InChI is InChI=1S/C93H125N19O21S/c1-49(2)36-64-81(121)105-68(39-55-27-31-58(32-28-55)57-22-15-12-16-23-57)88(128)111-78(51(5)6)91(131)101-63(26-19-35-94)93(133)112(10)45-75(116)99-70(42-74(95)115)85(125)103-65(37-50(3)4)87(127)110-79(52(7)8)92(132)108-72(46-113)89(129)109-73(90(130)98-53(9)80(96)120)47-134-48-76(117)100-66(38-54-20-13-11-14-21-54)82(122)104-67(40-56-29-33-60(114)34-30-56)83(123)107-71(43-77(118)119)86(126)106-69(84(124)102-64)41-59-44-97-62-25-18-17-24-61(59)62/h11-18,20-25,27-34,44,49-53,63-73,78-79,97,113-114H,19,26,35-43,45-48,94H2,1-10H3,(H2,95,115)(H2,96,120)(H,98,130)(H,99,116)(H,100,117)(H,101,131)(H,102,124)(H,103,125)(H,104,122)(H,105,121)(H,106,126)(H,107,123)(H,108,132)(H,109,129)(H,110,127)(H,111,128)(H,118,119)/t53-,63+,64-,65-,66-,67-,68-,69-,70-,71-,72-,73-,78-,79-/m0/s1. The largest absolute Gasteiger partial charge is 0.508 e. The maximum absolute atomic E-state index is 15.5. The van der Waals surface area contributed by atoms with Crippen molar-refractivity contribution in [2.24, 2.45) is 40.9 Å². The Bertz CT molecular complexity index is 5100. The van der Waals surface area contributed by atoms with Crippen molar-refractivity contribution in [3.8, 4) is 16.9 Å². The third-order valence-corrected chi connectivity index (χ3v) is 22.9. The number of fused-ring (bicyclic) bond motifs is 1. The Labute approximate surface area is 780 Å². The van der Waals surface area contributed by atoms with Gasteiger partial charge in [0.15, 0.2) is 0 Å². The molecule has 41 heteroatoms. The monoisotopic (exact) mass is 1880 g/mol. The van der Waals surface area contributed by atoms with Crippen LogP contribution in [0.25, 0.3) is 22.0 Å². The summed E-state index contributed by atoms with van der Waals surface area (Å²) >= 11 is 0.701. The number of amides is 17. The van der Waals surface area contributed by atoms with E-state index in [1.54, 1.807) is 127 Å². The van der Waals surface area contributed by atoms with Crippen LogP contribution in [0.4, 0.5) is 0 Å². The lowest BCUT2D eigenvalue weighted by molar-refractivity contribution is -0.141. The highest BCUT2D eigenvalue weighted by Crippen LogP contribution is 2.24. The zero-order valence-electron chi connectivity index (χ0n) is 76.6. The van der Waals surface area contributed by atoms with Crippen molar-refractivity contribution in [1.29, 1.82) is 0 Å². The van der Waals surface area contributed by atoms with Crippen LogP contribution >= 0.6 is 11.8 Å². The number of aromatic nitrogens is 1. The maximum Gasteiger partial charge on any atom is 0.305 e. The van der Waals surface area contributed by atoms with Crippen LogP contribution in [0, 0.1) is 23.7 Å². The first kappa shape index (κ1) is 107. The fourth-order valence-corrected chi connectivity index (χ4v) is 15.5. The van der Waals surface area contributed by atoms with Crippen LogP contribution in [0.3, 0.4) is 0 Å². The number of aliphatic hydroxyl groups is 1. The summed E-state index contributed by atoms with van der Waals surface area (Å²) < 4.78 is 0. The Hall–Kier alpha value is -13.8. The molecule has 0 aliphatic carbocycles. The molecule has 5 aromatic carbocycles. The quantitative estimate of drug-likeness (QED) is 0.0303. The average Bonchev–Trinajstić information content (AvgIpc) is 1.66. The molecule has 7 rings (SSSR count). The average molecular weight is 1880 g/mol. The van der Waals surface area contributed by atoms with Crippen molar-refractivity contribution in [2.75, 3.05) is 38.2 Å². The predicted octanol–water partition coefficient (Wildman–Crippen LogP) is -1.21. The van der Waals surface area contributed by atoms with E-state index in [9.17, 15) is 72.9 Å². The lowest BCUT2D eigenvalue weighted by Gasteiger charge is -2.30. The van der Waals surface area contributed by atoms with Gasteiger partial charge in [0.2, 0.25) is 100 Å². The normalized spacial score (nSPS) is 22.9. The Morgan fingerprint density at radius 3 is 1.37 bits per heavy atom. The molecule has 1 saturated heterocycles. The first-order chi connectivity index (χ1) is 63.5. The van der Waals surface area contributed by atoms with Gasteiger partial charge in [-0.25, -0.2) is 0 Å². The van der Waals surface area contributed by atoms with Gasteiger partial charge >= 0.3 is 5.97 Å². The number of carboxylic acids is 1. The molecule has 0 bridgehead atoms. The van der Waals surface area contributed by atoms with Crippen LogP contribution in [0.2, 0.25) is 0 Å². The van der Waals surface area contributed by atoms with Crippen LogP contribution in [0.1, 0.15) is 123 Å². The number of carbonyl (C=O) groups excluding carboxylic acids is 17. The second-order valence-electron chi connectivity index (χ2n) is 34.6. The molecule has 0 unspecified atom stereocenters. The molecule has 40 nitrogen and oxygen atoms in total. The SMILES string of the molecule is CC(C)C[C@@H]1NC(=O)[C@H](Cc2c[nH]c3ccccc23)NC(=O)[C@H](CC(=O)O)NC(=O)[C@H](Cc2ccc(O)cc2)NC(=O)[C@H](Cc2ccccc2)NC(=O)CSC[C@@H](C(=O)N[C@@H](C)C(N)=O)NC(=O)[C@H](CO)NC(=O)[C@H](C(C)C)NC(=O)[C@H](CC(C)C)NC(=O)[C@H](CC(N)=O)NC(=O)CN(C)C(=O)[C@@H](CCCN)NC(=O)[C@H](C(C)C)NC(=O)[C@H](Cc2ccc(-c3ccccc3)cc2)NC1=O. The number of benzene rings is 5. The summed E-state index contributed by atoms with van der Waals surface area (Å²) in [5.74, 6) is -23.0. The number of hydrogen-bond acceptors (Lipinski definition) is 22. The van der Waals surface area contributed by atoms with Gasteiger partial charge < -0.3 is 117 Å². The molecular formula is C93H125N19O21S. The minimum Gasteiger partial charge on any atom is -0.508 e. The van der Waals surface area contributed by atoms with Crippen LogP contribution < -0.4 is 91.6 Å². The van der Waals surface area contributed by atoms with Crippen LogP contribution in [0.15, 0.2) is 140 Å². The number of hydrogen-bond donors (Lipinski definition) is 21. The Balaban J connectivity index is 1.32. The van der Waals surface area contributed by atoms with Crippen molar-refractivity contribution in [1.82, 2.24) is 84.3 Å². The molecule has 6 aromatic rings. The number of nitrogens with one attached hydrogen (secondary N) is 15. The molecule has 0 saturated carbocycles. The van der Waals surface area contributed by atoms with Gasteiger partial charge in [0.05, 0.1) is 31.7 Å². The molecule has 1 fully saturated rings. The lowest BCUT2D eigenvalue weighted by atomic mass is 9.97. The van der Waals surface area contributed by atoms with Gasteiger partial charge in [0.1, 0.15) is 90.3 Å². The van der Waals surface area contributed by atoms with Crippen LogP contribution in [0.5, 0.6) is 5.75 Å². The Morgan fingerprint density at radius 2 is 0.866 bits per heavy atom. The number of para-hydroxylation sites is 1. The van der Waals surface area contributed by atoms with E-state index in [1.165, 1.54) is 52.1 Å². The number of nitrogens with two attached hydrogens (primary N) is 3. The summed E-state index contributed by atoms with van der Waals surface area (Å²) in [5, 5.41) is 68.0. The smallest absolute Gasteiger partial charge is 0.305 e. The van der Waals surface area contributed by atoms with Gasteiger partial charge in [-0.05, 0) is 114 Å². The number of aromatic amines is 1. The highest BCUT2D eigenvalue weighted by Gasteiger charge is 2.41. The predicted molar refractivity (Wildman–Crippen MR) is 496 cm³/mol. The fraction of sp³-hybridized carbons (Fsp3) is 0.462. The van der Waals surface area contributed by atoms with Gasteiger partial charge in [0.25, 0.3) is 0 Å². The summed E-state index contributed by atoms with van der Waals surface area (Å²) in [5.41, 5.74) is 21.0. The number of phenols is 1. The van der Waals surface area contributed by atoms with Crippen molar-refractivity contribution in [2.45, 2.75) is 211 Å². The van der Waals surface area contributed by atoms with Gasteiger partial charge in [-0.1, -0.05) is 171 Å². The third-order valence-electron chi connectivity index (χ3n) is 21.9. The van der Waals surface area contributed by atoms with Crippen LogP contribution in [-0.4, -0.2) is 254 Å². The van der Waals surface area contributed by atoms with Gasteiger partial charge in [-0.15, -0.1) is 11.8 Å². The van der Waals surface area contributed by atoms with Crippen molar-refractivity contribution in [3.63, 3.8) is 0 Å². The molecule has 1 aliphatic rings. The third kappa shape index (κ3) is 34.1. The number of phenolic OH excluding ortho intramolecular Hbond substituents is 1. The number of primary amides is 2. The number of rotatable bonds is 26. The second-order valence-corrected chi connectivity index (χ2v) is 35.7. The molecule has 0 spiro atoms. The zero-order valence-corrected chi connectivity index (χ0v) is 77.4. The number of carbonyl (C=O) groups is 18. The topological polar surface area (TPSA) is 633 Å². The van der Waals surface area contributed by atoms with Crippen molar-refractivity contribution in [3.05, 3.63) is 162 Å². The fourth-order valence-electron chi connectivity index (χ4n) is 14.6. The minimum absolute atomic E-state index is 0.000208. The summed E-state index contributed by atoms with van der Waals surface area (Å²) in [7, 11) is 1.20. The number of aliphatic carboxylic acids is 1.